The molecule has 2 fully saturated rings. The zero-order chi connectivity index (χ0) is 14.1. The summed E-state index contributed by atoms with van der Waals surface area (Å²) in [6.45, 7) is 9.33. The van der Waals surface area contributed by atoms with E-state index in [1.165, 1.54) is 0 Å². The van der Waals surface area contributed by atoms with Gasteiger partial charge < -0.3 is 9.64 Å². The summed E-state index contributed by atoms with van der Waals surface area (Å²) in [4.78, 5) is 13.9. The van der Waals surface area contributed by atoms with Gasteiger partial charge in [-0.1, -0.05) is 0 Å². The van der Waals surface area contributed by atoms with Crippen LogP contribution in [0.2, 0.25) is 0 Å². The third-order valence-electron chi connectivity index (χ3n) is 4.33. The maximum absolute atomic E-state index is 12.0. The molecule has 2 rings (SSSR count). The van der Waals surface area contributed by atoms with Crippen LogP contribution in [0.1, 0.15) is 46.5 Å². The molecular weight excluding hydrogens is 242 g/mol. The van der Waals surface area contributed by atoms with Crippen molar-refractivity contribution in [3.05, 3.63) is 0 Å². The SMILES string of the molecule is CC(C)(C)OC(=O)N1CCC2(CCN(N)CC2)CC1. The Balaban J connectivity index is 1.84. The fourth-order valence-corrected chi connectivity index (χ4v) is 2.99. The Morgan fingerprint density at radius 2 is 1.53 bits per heavy atom. The predicted molar refractivity (Wildman–Crippen MR) is 74.5 cm³/mol. The number of nitrogens with two attached hydrogens (primary N) is 1. The van der Waals surface area contributed by atoms with Gasteiger partial charge in [0.2, 0.25) is 0 Å². The lowest BCUT2D eigenvalue weighted by Gasteiger charge is -2.46. The monoisotopic (exact) mass is 269 g/mol. The van der Waals surface area contributed by atoms with Gasteiger partial charge in [-0.3, -0.25) is 5.84 Å². The summed E-state index contributed by atoms with van der Waals surface area (Å²) in [5.74, 6) is 5.82. The van der Waals surface area contributed by atoms with Gasteiger partial charge in [-0.25, -0.2) is 9.80 Å². The Bertz CT molecular complexity index is 320. The summed E-state index contributed by atoms with van der Waals surface area (Å²) in [6.07, 6.45) is 4.32. The van der Waals surface area contributed by atoms with E-state index in [2.05, 4.69) is 0 Å². The maximum atomic E-state index is 12.0. The highest BCUT2D eigenvalue weighted by Gasteiger charge is 2.38. The van der Waals surface area contributed by atoms with Crippen molar-refractivity contribution in [1.82, 2.24) is 9.91 Å². The highest BCUT2D eigenvalue weighted by atomic mass is 16.6. The van der Waals surface area contributed by atoms with E-state index in [9.17, 15) is 4.79 Å². The van der Waals surface area contributed by atoms with Crippen molar-refractivity contribution >= 4 is 6.09 Å². The van der Waals surface area contributed by atoms with E-state index < -0.39 is 5.60 Å². The molecule has 0 bridgehead atoms. The van der Waals surface area contributed by atoms with Gasteiger partial charge in [0.15, 0.2) is 0 Å². The summed E-state index contributed by atoms with van der Waals surface area (Å²) >= 11 is 0. The minimum Gasteiger partial charge on any atom is -0.444 e. The van der Waals surface area contributed by atoms with E-state index in [1.807, 2.05) is 30.7 Å². The molecule has 0 aliphatic carbocycles. The Kier molecular flexibility index (Phi) is 4.06. The van der Waals surface area contributed by atoms with Crippen LogP contribution in [-0.4, -0.2) is 47.8 Å². The third-order valence-corrected chi connectivity index (χ3v) is 4.33. The van der Waals surface area contributed by atoms with Crippen molar-refractivity contribution in [2.45, 2.75) is 52.1 Å². The second-order valence-electron chi connectivity index (χ2n) is 7.00. The van der Waals surface area contributed by atoms with E-state index in [-0.39, 0.29) is 6.09 Å². The number of nitrogens with zero attached hydrogens (tertiary/aromatic N) is 2. The van der Waals surface area contributed by atoms with Gasteiger partial charge in [-0.2, -0.15) is 0 Å². The molecule has 2 saturated heterocycles. The number of hydrazine groups is 1. The highest BCUT2D eigenvalue weighted by molar-refractivity contribution is 5.68. The molecule has 2 aliphatic heterocycles. The molecule has 0 atom stereocenters. The number of rotatable bonds is 0. The van der Waals surface area contributed by atoms with Crippen molar-refractivity contribution < 1.29 is 9.53 Å². The van der Waals surface area contributed by atoms with Crippen LogP contribution < -0.4 is 5.84 Å². The first kappa shape index (κ1) is 14.6. The minimum absolute atomic E-state index is 0.168. The molecular formula is C14H27N3O2. The maximum Gasteiger partial charge on any atom is 0.410 e. The molecule has 110 valence electrons. The predicted octanol–water partition coefficient (Wildman–Crippen LogP) is 1.97. The second-order valence-corrected chi connectivity index (χ2v) is 7.00. The van der Waals surface area contributed by atoms with Crippen LogP contribution in [0.3, 0.4) is 0 Å². The van der Waals surface area contributed by atoms with E-state index in [0.29, 0.717) is 5.41 Å². The van der Waals surface area contributed by atoms with Crippen LogP contribution >= 0.6 is 0 Å². The Morgan fingerprint density at radius 3 is 2.00 bits per heavy atom. The Labute approximate surface area is 116 Å². The largest absolute Gasteiger partial charge is 0.444 e. The molecule has 1 spiro atoms. The lowest BCUT2D eigenvalue weighted by atomic mass is 9.71. The number of carbonyl (C=O) groups excluding carboxylic acids is 1. The standard InChI is InChI=1S/C14H27N3O2/c1-13(2,3)19-12(18)16-8-4-14(5-9-16)6-10-17(15)11-7-14/h4-11,15H2,1-3H3. The van der Waals surface area contributed by atoms with Crippen molar-refractivity contribution in [3.63, 3.8) is 0 Å². The lowest BCUT2D eigenvalue weighted by Crippen LogP contribution is -2.50. The van der Waals surface area contributed by atoms with Crippen molar-refractivity contribution in [3.8, 4) is 0 Å². The van der Waals surface area contributed by atoms with E-state index in [1.54, 1.807) is 0 Å². The number of piperidine rings is 2. The summed E-state index contributed by atoms with van der Waals surface area (Å²) in [5, 5.41) is 1.91. The average Bonchev–Trinajstić information content (AvgIpc) is 2.32. The number of likely N-dealkylation sites (tertiary alicyclic amines) is 1. The average molecular weight is 269 g/mol. The molecule has 2 heterocycles. The fourth-order valence-electron chi connectivity index (χ4n) is 2.99. The van der Waals surface area contributed by atoms with Gasteiger partial charge in [0.25, 0.3) is 0 Å². The van der Waals surface area contributed by atoms with Crippen molar-refractivity contribution in [2.24, 2.45) is 11.3 Å². The van der Waals surface area contributed by atoms with Gasteiger partial charge >= 0.3 is 6.09 Å². The van der Waals surface area contributed by atoms with Crippen LogP contribution in [0.25, 0.3) is 0 Å². The van der Waals surface area contributed by atoms with Gasteiger partial charge in [0, 0.05) is 26.2 Å². The fraction of sp³-hybridized carbons (Fsp3) is 0.929. The van der Waals surface area contributed by atoms with Gasteiger partial charge in [0.05, 0.1) is 0 Å². The molecule has 19 heavy (non-hydrogen) atoms. The zero-order valence-electron chi connectivity index (χ0n) is 12.4. The van der Waals surface area contributed by atoms with Crippen LogP contribution in [-0.2, 0) is 4.74 Å². The van der Waals surface area contributed by atoms with Gasteiger partial charge in [-0.05, 0) is 51.9 Å². The first-order valence-electron chi connectivity index (χ1n) is 7.27. The Morgan fingerprint density at radius 1 is 1.05 bits per heavy atom. The van der Waals surface area contributed by atoms with Crippen LogP contribution in [0.15, 0.2) is 0 Å². The molecule has 2 aliphatic rings. The van der Waals surface area contributed by atoms with E-state index in [4.69, 9.17) is 10.6 Å². The molecule has 0 aromatic heterocycles. The molecule has 2 N–H and O–H groups in total. The van der Waals surface area contributed by atoms with Crippen LogP contribution in [0.5, 0.6) is 0 Å². The number of hydrogen-bond donors (Lipinski definition) is 1. The highest BCUT2D eigenvalue weighted by Crippen LogP contribution is 2.40. The number of ether oxygens (including phenoxy) is 1. The number of amides is 1. The van der Waals surface area contributed by atoms with Gasteiger partial charge in [-0.15, -0.1) is 0 Å². The first-order valence-corrected chi connectivity index (χ1v) is 7.27. The van der Waals surface area contributed by atoms with Crippen molar-refractivity contribution in [2.75, 3.05) is 26.2 Å². The smallest absolute Gasteiger partial charge is 0.410 e. The minimum atomic E-state index is -0.406. The summed E-state index contributed by atoms with van der Waals surface area (Å²) in [6, 6.07) is 0. The number of carbonyl (C=O) groups is 1. The quantitative estimate of drug-likeness (QED) is 0.683. The molecule has 5 nitrogen and oxygen atoms in total. The lowest BCUT2D eigenvalue weighted by molar-refractivity contribution is -0.00249. The zero-order valence-corrected chi connectivity index (χ0v) is 12.4. The normalized spacial score (nSPS) is 24.5. The topological polar surface area (TPSA) is 58.8 Å². The molecule has 0 radical (unpaired) electrons. The van der Waals surface area contributed by atoms with Gasteiger partial charge in [0.1, 0.15) is 5.60 Å². The Hall–Kier alpha value is -0.810. The summed E-state index contributed by atoms with van der Waals surface area (Å²) < 4.78 is 5.43. The first-order chi connectivity index (χ1) is 8.80. The summed E-state index contributed by atoms with van der Waals surface area (Å²) in [5.41, 5.74) is 0.00545. The molecule has 0 unspecified atom stereocenters. The second kappa shape index (κ2) is 5.29. The van der Waals surface area contributed by atoms with E-state index in [0.717, 1.165) is 51.9 Å². The molecule has 0 saturated carbocycles. The van der Waals surface area contributed by atoms with E-state index >= 15 is 0 Å². The molecule has 1 amide bonds. The van der Waals surface area contributed by atoms with Crippen LogP contribution in [0.4, 0.5) is 4.79 Å². The number of hydrogen-bond acceptors (Lipinski definition) is 4. The van der Waals surface area contributed by atoms with Crippen molar-refractivity contribution in [1.29, 1.82) is 0 Å². The summed E-state index contributed by atoms with van der Waals surface area (Å²) in [7, 11) is 0. The molecule has 5 heteroatoms. The van der Waals surface area contributed by atoms with Crippen LogP contribution in [0, 0.1) is 5.41 Å². The third kappa shape index (κ3) is 3.83. The molecule has 0 aromatic carbocycles. The molecule has 0 aromatic rings.